The molecule has 0 aliphatic heterocycles. The Morgan fingerprint density at radius 2 is 2.00 bits per heavy atom. The maximum Gasteiger partial charge on any atom is 0.379 e. The van der Waals surface area contributed by atoms with Crippen LogP contribution in [-0.4, -0.2) is 10.3 Å². The maximum absolute atomic E-state index is 11.7. The molecule has 1 aromatic heterocycles. The molecule has 1 aromatic carbocycles. The van der Waals surface area contributed by atoms with Gasteiger partial charge in [0.1, 0.15) is 10.1 Å². The van der Waals surface area contributed by atoms with E-state index in [-0.39, 0.29) is 15.9 Å². The third-order valence-corrected chi connectivity index (χ3v) is 4.86. The summed E-state index contributed by atoms with van der Waals surface area (Å²) in [5, 5.41) is 0.269. The van der Waals surface area contributed by atoms with Gasteiger partial charge in [-0.15, -0.1) is 0 Å². The maximum atomic E-state index is 11.7. The smallest absolute Gasteiger partial charge is 0.379 e. The molecule has 2 rings (SSSR count). The lowest BCUT2D eigenvalue weighted by atomic mass is 10.3. The number of benzene rings is 1. The Labute approximate surface area is 136 Å². The van der Waals surface area contributed by atoms with Gasteiger partial charge >= 0.3 is 5.30 Å². The zero-order valence-corrected chi connectivity index (χ0v) is 13.5. The minimum absolute atomic E-state index is 0.159. The molecule has 0 unspecified atom stereocenters. The van der Waals surface area contributed by atoms with E-state index in [2.05, 4.69) is 4.98 Å². The first-order valence-corrected chi connectivity index (χ1v) is 7.76. The Kier molecular flexibility index (Phi) is 5.22. The van der Waals surface area contributed by atoms with Crippen molar-refractivity contribution in [3.05, 3.63) is 37.7 Å². The summed E-state index contributed by atoms with van der Waals surface area (Å²) >= 11 is 24.9. The number of carbonyl (C=O) groups excluding carboxylic acids is 1. The van der Waals surface area contributed by atoms with E-state index in [1.165, 1.54) is 12.1 Å². The Balaban J connectivity index is 2.05. The van der Waals surface area contributed by atoms with E-state index >= 15 is 0 Å². The van der Waals surface area contributed by atoms with Crippen LogP contribution >= 0.6 is 69.5 Å². The van der Waals surface area contributed by atoms with Crippen LogP contribution in [0.2, 0.25) is 19.5 Å². The number of ether oxygens (including phenoxy) is 1. The molecule has 0 fully saturated rings. The summed E-state index contributed by atoms with van der Waals surface area (Å²) in [6, 6.07) is 4.55. The number of rotatable bonds is 2. The van der Waals surface area contributed by atoms with E-state index in [1.54, 1.807) is 6.07 Å². The van der Waals surface area contributed by atoms with Gasteiger partial charge in [0, 0.05) is 16.8 Å². The van der Waals surface area contributed by atoms with Crippen molar-refractivity contribution in [3.63, 3.8) is 0 Å². The zero-order valence-electron chi connectivity index (χ0n) is 8.82. The molecular formula is C10H3Cl4NO2S2. The summed E-state index contributed by atoms with van der Waals surface area (Å²) in [5.74, 6) is 0.220. The van der Waals surface area contributed by atoms with Crippen molar-refractivity contribution in [3.8, 4) is 5.75 Å². The van der Waals surface area contributed by atoms with Gasteiger partial charge in [0.15, 0.2) is 9.49 Å². The second kappa shape index (κ2) is 6.52. The fraction of sp³-hybridized carbons (Fsp3) is 0. The number of hydrogen-bond donors (Lipinski definition) is 0. The van der Waals surface area contributed by atoms with Crippen LogP contribution in [0.1, 0.15) is 0 Å². The highest BCUT2D eigenvalue weighted by Gasteiger charge is 2.15. The van der Waals surface area contributed by atoms with Crippen LogP contribution in [0.15, 0.2) is 22.5 Å². The van der Waals surface area contributed by atoms with Crippen molar-refractivity contribution in [1.82, 2.24) is 4.98 Å². The van der Waals surface area contributed by atoms with Crippen molar-refractivity contribution in [2.75, 3.05) is 0 Å². The lowest BCUT2D eigenvalue weighted by Gasteiger charge is -2.04. The normalized spacial score (nSPS) is 10.5. The summed E-state index contributed by atoms with van der Waals surface area (Å²) in [6.45, 7) is 0. The van der Waals surface area contributed by atoms with Gasteiger partial charge < -0.3 is 4.74 Å². The van der Waals surface area contributed by atoms with Gasteiger partial charge in [-0.05, 0) is 18.2 Å². The molecule has 0 atom stereocenters. The highest BCUT2D eigenvalue weighted by atomic mass is 35.5. The summed E-state index contributed by atoms with van der Waals surface area (Å²) in [4.78, 5) is 15.6. The minimum Gasteiger partial charge on any atom is -0.416 e. The fourth-order valence-electron chi connectivity index (χ4n) is 1.05. The van der Waals surface area contributed by atoms with Crippen LogP contribution in [0.3, 0.4) is 0 Å². The van der Waals surface area contributed by atoms with Crippen LogP contribution in [0.25, 0.3) is 0 Å². The largest absolute Gasteiger partial charge is 0.416 e. The lowest BCUT2D eigenvalue weighted by Crippen LogP contribution is -2.00. The Bertz CT molecular complexity index is 612. The molecule has 9 heteroatoms. The van der Waals surface area contributed by atoms with E-state index < -0.39 is 5.30 Å². The van der Waals surface area contributed by atoms with Gasteiger partial charge in [-0.2, -0.15) is 0 Å². The quantitative estimate of drug-likeness (QED) is 0.473. The van der Waals surface area contributed by atoms with E-state index in [4.69, 9.17) is 51.1 Å². The Morgan fingerprint density at radius 3 is 2.58 bits per heavy atom. The molecule has 0 bridgehead atoms. The van der Waals surface area contributed by atoms with E-state index in [1.807, 2.05) is 0 Å². The molecule has 0 saturated heterocycles. The second-order valence-electron chi connectivity index (χ2n) is 3.07. The first-order chi connectivity index (χ1) is 8.95. The van der Waals surface area contributed by atoms with E-state index in [0.29, 0.717) is 13.7 Å². The van der Waals surface area contributed by atoms with E-state index in [0.717, 1.165) is 23.1 Å². The molecule has 0 saturated carbocycles. The zero-order chi connectivity index (χ0) is 14.0. The standard InChI is InChI=1S/C10H3Cl4NO2S2/c11-4-1-2-6(5(12)3-4)17-10(16)19-9-15-7(13)8(14)18-9/h1-3H. The SMILES string of the molecule is O=C(Oc1ccc(Cl)cc1Cl)Sc1nc(Cl)c(Cl)s1. The molecule has 2 aromatic rings. The van der Waals surface area contributed by atoms with Crippen molar-refractivity contribution in [1.29, 1.82) is 0 Å². The van der Waals surface area contributed by atoms with Crippen LogP contribution < -0.4 is 4.74 Å². The van der Waals surface area contributed by atoms with Crippen LogP contribution in [0, 0.1) is 0 Å². The topological polar surface area (TPSA) is 39.2 Å². The van der Waals surface area contributed by atoms with Gasteiger partial charge in [0.25, 0.3) is 0 Å². The number of nitrogens with zero attached hydrogens (tertiary/aromatic N) is 1. The summed E-state index contributed by atoms with van der Waals surface area (Å²) in [5.41, 5.74) is 0. The van der Waals surface area contributed by atoms with Gasteiger partial charge in [0.2, 0.25) is 0 Å². The molecular weight excluding hydrogens is 372 g/mol. The Hall–Kier alpha value is -0.170. The summed E-state index contributed by atoms with van der Waals surface area (Å²) < 4.78 is 5.78. The van der Waals surface area contributed by atoms with Crippen molar-refractivity contribution in [2.24, 2.45) is 0 Å². The average molecular weight is 375 g/mol. The van der Waals surface area contributed by atoms with Crippen LogP contribution in [0.5, 0.6) is 5.75 Å². The monoisotopic (exact) mass is 373 g/mol. The molecule has 100 valence electrons. The Morgan fingerprint density at radius 1 is 1.26 bits per heavy atom. The van der Waals surface area contributed by atoms with Gasteiger partial charge in [-0.3, -0.25) is 0 Å². The predicted molar refractivity (Wildman–Crippen MR) is 80.5 cm³/mol. The summed E-state index contributed by atoms with van der Waals surface area (Å²) in [6.07, 6.45) is 0. The molecule has 0 spiro atoms. The summed E-state index contributed by atoms with van der Waals surface area (Å²) in [7, 11) is 0. The third kappa shape index (κ3) is 4.15. The van der Waals surface area contributed by atoms with Gasteiger partial charge in [-0.1, -0.05) is 57.7 Å². The number of halogens is 4. The van der Waals surface area contributed by atoms with Crippen LogP contribution in [0.4, 0.5) is 4.79 Å². The van der Waals surface area contributed by atoms with E-state index in [9.17, 15) is 4.79 Å². The number of thioether (sulfide) groups is 1. The molecule has 0 radical (unpaired) electrons. The number of aromatic nitrogens is 1. The highest BCUT2D eigenvalue weighted by molar-refractivity contribution is 8.14. The number of thiazole rings is 1. The van der Waals surface area contributed by atoms with Crippen molar-refractivity contribution in [2.45, 2.75) is 4.34 Å². The van der Waals surface area contributed by atoms with Crippen molar-refractivity contribution >= 4 is 74.8 Å². The molecule has 1 heterocycles. The molecule has 0 N–H and O–H groups in total. The molecule has 0 aliphatic rings. The molecule has 0 amide bonds. The van der Waals surface area contributed by atoms with Crippen LogP contribution in [-0.2, 0) is 0 Å². The predicted octanol–water partition coefficient (Wildman–Crippen LogP) is 6.05. The number of hydrogen-bond acceptors (Lipinski definition) is 5. The molecule has 19 heavy (non-hydrogen) atoms. The minimum atomic E-state index is -0.591. The molecule has 0 aliphatic carbocycles. The highest BCUT2D eigenvalue weighted by Crippen LogP contribution is 2.35. The second-order valence-corrected chi connectivity index (χ2v) is 7.06. The lowest BCUT2D eigenvalue weighted by molar-refractivity contribution is 0.227. The average Bonchev–Trinajstić information content (AvgIpc) is 2.62. The van der Waals surface area contributed by atoms with Crippen molar-refractivity contribution < 1.29 is 9.53 Å². The first kappa shape index (κ1) is 15.2. The first-order valence-electron chi connectivity index (χ1n) is 4.62. The van der Waals surface area contributed by atoms with Gasteiger partial charge in [-0.25, -0.2) is 9.78 Å². The van der Waals surface area contributed by atoms with Gasteiger partial charge in [0.05, 0.1) is 5.02 Å². The molecule has 3 nitrogen and oxygen atoms in total. The number of carbonyl (C=O) groups is 1. The fourth-order valence-corrected chi connectivity index (χ4v) is 3.65. The third-order valence-electron chi connectivity index (χ3n) is 1.79.